The van der Waals surface area contributed by atoms with E-state index in [1.54, 1.807) is 11.3 Å². The summed E-state index contributed by atoms with van der Waals surface area (Å²) in [5.74, 6) is 0. The second kappa shape index (κ2) is 6.55. The molecule has 0 saturated heterocycles. The van der Waals surface area contributed by atoms with Gasteiger partial charge in [-0.05, 0) is 29.6 Å². The Morgan fingerprint density at radius 1 is 1.06 bits per heavy atom. The second-order valence-corrected chi connectivity index (χ2v) is 4.95. The summed E-state index contributed by atoms with van der Waals surface area (Å²) in [6.45, 7) is 2.30. The third-order valence-electron chi connectivity index (χ3n) is 2.50. The van der Waals surface area contributed by atoms with Crippen molar-refractivity contribution in [3.8, 4) is 0 Å². The van der Waals surface area contributed by atoms with Crippen LogP contribution >= 0.6 is 11.3 Å². The van der Waals surface area contributed by atoms with Crippen LogP contribution in [0.4, 0.5) is 0 Å². The molecular formula is C14H17NOS. The molecule has 1 aromatic carbocycles. The summed E-state index contributed by atoms with van der Waals surface area (Å²) < 4.78 is 5.66. The van der Waals surface area contributed by atoms with Gasteiger partial charge in [0.1, 0.15) is 0 Å². The molecule has 0 radical (unpaired) electrons. The first-order valence-electron chi connectivity index (χ1n) is 5.71. The summed E-state index contributed by atoms with van der Waals surface area (Å²) >= 11 is 1.73. The zero-order valence-corrected chi connectivity index (χ0v) is 10.8. The minimum Gasteiger partial charge on any atom is -0.371 e. The fourth-order valence-electron chi connectivity index (χ4n) is 1.62. The summed E-state index contributed by atoms with van der Waals surface area (Å²) in [4.78, 5) is 1.27. The third-order valence-corrected chi connectivity index (χ3v) is 3.35. The first kappa shape index (κ1) is 12.3. The van der Waals surface area contributed by atoms with Crippen LogP contribution in [0.3, 0.4) is 0 Å². The molecule has 1 heterocycles. The van der Waals surface area contributed by atoms with Crippen molar-refractivity contribution in [2.45, 2.75) is 19.8 Å². The molecule has 0 unspecified atom stereocenters. The second-order valence-electron chi connectivity index (χ2n) is 3.92. The van der Waals surface area contributed by atoms with Crippen LogP contribution in [0, 0.1) is 0 Å². The smallest absolute Gasteiger partial charge is 0.0813 e. The molecule has 0 saturated carbocycles. The van der Waals surface area contributed by atoms with Crippen LogP contribution in [-0.4, -0.2) is 7.05 Å². The number of hydrogen-bond donors (Lipinski definition) is 1. The van der Waals surface area contributed by atoms with Gasteiger partial charge in [-0.15, -0.1) is 11.3 Å². The summed E-state index contributed by atoms with van der Waals surface area (Å²) in [5.41, 5.74) is 2.52. The van der Waals surface area contributed by atoms with Crippen LogP contribution in [0.1, 0.15) is 16.0 Å². The van der Waals surface area contributed by atoms with Crippen molar-refractivity contribution >= 4 is 11.3 Å². The average Bonchev–Trinajstić information content (AvgIpc) is 2.85. The van der Waals surface area contributed by atoms with Crippen LogP contribution in [0.15, 0.2) is 41.8 Å². The molecule has 0 aliphatic heterocycles. The molecule has 1 aromatic heterocycles. The van der Waals surface area contributed by atoms with Gasteiger partial charge in [-0.3, -0.25) is 0 Å². The fourth-order valence-corrected chi connectivity index (χ4v) is 2.26. The predicted octanol–water partition coefficient (Wildman–Crippen LogP) is 3.18. The molecule has 17 heavy (non-hydrogen) atoms. The Morgan fingerprint density at radius 2 is 1.82 bits per heavy atom. The maximum Gasteiger partial charge on any atom is 0.0813 e. The highest BCUT2D eigenvalue weighted by Gasteiger charge is 1.96. The van der Waals surface area contributed by atoms with E-state index >= 15 is 0 Å². The minimum absolute atomic E-state index is 0.678. The van der Waals surface area contributed by atoms with E-state index in [-0.39, 0.29) is 0 Å². The average molecular weight is 247 g/mol. The largest absolute Gasteiger partial charge is 0.371 e. The van der Waals surface area contributed by atoms with E-state index in [0.717, 1.165) is 6.54 Å². The maximum absolute atomic E-state index is 5.66. The lowest BCUT2D eigenvalue weighted by atomic mass is 10.1. The molecule has 0 bridgehead atoms. The molecule has 2 aromatic rings. The molecule has 0 fully saturated rings. The Morgan fingerprint density at radius 3 is 2.47 bits per heavy atom. The van der Waals surface area contributed by atoms with Crippen molar-refractivity contribution in [1.29, 1.82) is 0 Å². The number of nitrogens with one attached hydrogen (secondary N) is 1. The molecule has 1 N–H and O–H groups in total. The summed E-state index contributed by atoms with van der Waals surface area (Å²) in [6, 6.07) is 12.7. The van der Waals surface area contributed by atoms with E-state index in [2.05, 4.69) is 47.1 Å². The molecule has 0 atom stereocenters. The molecule has 0 amide bonds. The standard InChI is InChI=1S/C14H17NOS/c1-15-9-12-4-6-13(7-5-12)10-16-11-14-3-2-8-17-14/h2-8,15H,9-11H2,1H3. The number of hydrogen-bond acceptors (Lipinski definition) is 3. The van der Waals surface area contributed by atoms with Gasteiger partial charge in [0.05, 0.1) is 13.2 Å². The summed E-state index contributed by atoms with van der Waals surface area (Å²) in [6.07, 6.45) is 0. The molecule has 90 valence electrons. The van der Waals surface area contributed by atoms with Crippen molar-refractivity contribution in [3.63, 3.8) is 0 Å². The lowest BCUT2D eigenvalue weighted by Gasteiger charge is -2.04. The Labute approximate surface area is 106 Å². The van der Waals surface area contributed by atoms with Gasteiger partial charge < -0.3 is 10.1 Å². The van der Waals surface area contributed by atoms with Gasteiger partial charge >= 0.3 is 0 Å². The third kappa shape index (κ3) is 3.97. The fraction of sp³-hybridized carbons (Fsp3) is 0.286. The van der Waals surface area contributed by atoms with Crippen LogP contribution in [0.2, 0.25) is 0 Å². The monoisotopic (exact) mass is 247 g/mol. The lowest BCUT2D eigenvalue weighted by molar-refractivity contribution is 0.109. The Bertz CT molecular complexity index is 422. The van der Waals surface area contributed by atoms with Crippen LogP contribution < -0.4 is 5.32 Å². The Hall–Kier alpha value is -1.16. The number of rotatable bonds is 6. The normalized spacial score (nSPS) is 10.6. The van der Waals surface area contributed by atoms with Gasteiger partial charge in [-0.1, -0.05) is 30.3 Å². The number of benzene rings is 1. The molecule has 0 spiro atoms. The molecule has 3 heteroatoms. The SMILES string of the molecule is CNCc1ccc(COCc2cccs2)cc1. The topological polar surface area (TPSA) is 21.3 Å². The lowest BCUT2D eigenvalue weighted by Crippen LogP contribution is -2.04. The predicted molar refractivity (Wildman–Crippen MR) is 72.0 cm³/mol. The van der Waals surface area contributed by atoms with Gasteiger partial charge in [-0.2, -0.15) is 0 Å². The molecular weight excluding hydrogens is 230 g/mol. The zero-order valence-electron chi connectivity index (χ0n) is 9.98. The molecule has 0 aliphatic carbocycles. The summed E-state index contributed by atoms with van der Waals surface area (Å²) in [7, 11) is 1.96. The van der Waals surface area contributed by atoms with Crippen LogP contribution in [-0.2, 0) is 24.5 Å². The minimum atomic E-state index is 0.678. The van der Waals surface area contributed by atoms with E-state index in [9.17, 15) is 0 Å². The van der Waals surface area contributed by atoms with Crippen molar-refractivity contribution in [3.05, 3.63) is 57.8 Å². The molecule has 0 aliphatic rings. The Balaban J connectivity index is 1.79. The van der Waals surface area contributed by atoms with Gasteiger partial charge in [0.25, 0.3) is 0 Å². The quantitative estimate of drug-likeness (QED) is 0.846. The van der Waals surface area contributed by atoms with E-state index in [0.29, 0.717) is 13.2 Å². The molecule has 2 rings (SSSR count). The summed E-state index contributed by atoms with van der Waals surface area (Å²) in [5, 5.41) is 5.21. The van der Waals surface area contributed by atoms with Crippen LogP contribution in [0.5, 0.6) is 0 Å². The highest BCUT2D eigenvalue weighted by atomic mass is 32.1. The maximum atomic E-state index is 5.66. The first-order valence-corrected chi connectivity index (χ1v) is 6.59. The van der Waals surface area contributed by atoms with Crippen molar-refractivity contribution < 1.29 is 4.74 Å². The van der Waals surface area contributed by atoms with Crippen molar-refractivity contribution in [2.24, 2.45) is 0 Å². The Kier molecular flexibility index (Phi) is 4.74. The van der Waals surface area contributed by atoms with Crippen molar-refractivity contribution in [1.82, 2.24) is 5.32 Å². The van der Waals surface area contributed by atoms with E-state index in [4.69, 9.17) is 4.74 Å². The van der Waals surface area contributed by atoms with E-state index in [1.807, 2.05) is 7.05 Å². The number of ether oxygens (including phenoxy) is 1. The highest BCUT2D eigenvalue weighted by molar-refractivity contribution is 7.09. The van der Waals surface area contributed by atoms with E-state index in [1.165, 1.54) is 16.0 Å². The first-order chi connectivity index (χ1) is 8.38. The highest BCUT2D eigenvalue weighted by Crippen LogP contribution is 2.11. The van der Waals surface area contributed by atoms with E-state index < -0.39 is 0 Å². The van der Waals surface area contributed by atoms with Gasteiger partial charge in [-0.25, -0.2) is 0 Å². The van der Waals surface area contributed by atoms with Gasteiger partial charge in [0, 0.05) is 11.4 Å². The van der Waals surface area contributed by atoms with Gasteiger partial charge in [0.2, 0.25) is 0 Å². The number of thiophene rings is 1. The van der Waals surface area contributed by atoms with Crippen LogP contribution in [0.25, 0.3) is 0 Å². The zero-order chi connectivity index (χ0) is 11.9. The van der Waals surface area contributed by atoms with Gasteiger partial charge in [0.15, 0.2) is 0 Å². The molecule has 2 nitrogen and oxygen atoms in total. The van der Waals surface area contributed by atoms with Crippen molar-refractivity contribution in [2.75, 3.05) is 7.05 Å².